The summed E-state index contributed by atoms with van der Waals surface area (Å²) in [5, 5.41) is 21.7. The molecule has 2 aliphatic rings. The molecule has 4 nitrogen and oxygen atoms in total. The van der Waals surface area contributed by atoms with Crippen molar-refractivity contribution in [2.45, 2.75) is 74.7 Å². The minimum absolute atomic E-state index is 0.00870. The second-order valence-electron chi connectivity index (χ2n) is 8.99. The fourth-order valence-electron chi connectivity index (χ4n) is 4.57. The molecule has 0 unspecified atom stereocenters. The molecular formula is C24H25F3N2O2S. The van der Waals surface area contributed by atoms with Gasteiger partial charge in [0.05, 0.1) is 11.5 Å². The van der Waals surface area contributed by atoms with Gasteiger partial charge in [0.15, 0.2) is 5.60 Å². The van der Waals surface area contributed by atoms with E-state index in [0.29, 0.717) is 38.2 Å². The van der Waals surface area contributed by atoms with Gasteiger partial charge in [-0.15, -0.1) is 11.3 Å². The zero-order valence-electron chi connectivity index (χ0n) is 17.7. The number of hydrogen-bond acceptors (Lipinski definition) is 4. The van der Waals surface area contributed by atoms with Gasteiger partial charge in [-0.25, -0.2) is 0 Å². The SMILES string of the molecule is C[C@](O)(c1ccc(C(=O)N(C2CC2)[C@H]2CC[C@@](C#N)(c3cccs3)CC2)cc1)C(F)(F)F. The van der Waals surface area contributed by atoms with Crippen LogP contribution in [0.1, 0.15) is 66.2 Å². The van der Waals surface area contributed by atoms with Crippen LogP contribution in [0.25, 0.3) is 0 Å². The number of nitriles is 1. The Bertz CT molecular complexity index is 997. The Morgan fingerprint density at radius 2 is 1.72 bits per heavy atom. The number of nitrogens with zero attached hydrogens (tertiary/aromatic N) is 2. The average molecular weight is 463 g/mol. The third kappa shape index (κ3) is 4.04. The molecule has 0 radical (unpaired) electrons. The summed E-state index contributed by atoms with van der Waals surface area (Å²) in [4.78, 5) is 16.3. The molecule has 1 heterocycles. The van der Waals surface area contributed by atoms with Crippen molar-refractivity contribution in [2.24, 2.45) is 0 Å². The number of rotatable bonds is 5. The Balaban J connectivity index is 1.51. The number of hydrogen-bond donors (Lipinski definition) is 1. The molecule has 2 aromatic rings. The third-order valence-corrected chi connectivity index (χ3v) is 7.90. The molecule has 1 atom stereocenters. The van der Waals surface area contributed by atoms with E-state index in [1.54, 1.807) is 11.3 Å². The highest BCUT2D eigenvalue weighted by Gasteiger charge is 2.51. The van der Waals surface area contributed by atoms with E-state index in [-0.39, 0.29) is 23.6 Å². The lowest BCUT2D eigenvalue weighted by Gasteiger charge is -2.40. The van der Waals surface area contributed by atoms with Gasteiger partial charge in [-0.3, -0.25) is 4.79 Å². The van der Waals surface area contributed by atoms with Gasteiger partial charge in [-0.1, -0.05) is 18.2 Å². The van der Waals surface area contributed by atoms with Gasteiger partial charge >= 0.3 is 6.18 Å². The Labute approximate surface area is 189 Å². The Morgan fingerprint density at radius 3 is 2.19 bits per heavy atom. The summed E-state index contributed by atoms with van der Waals surface area (Å²) >= 11 is 1.59. The molecule has 2 aliphatic carbocycles. The topological polar surface area (TPSA) is 64.3 Å². The van der Waals surface area contributed by atoms with Gasteiger partial charge in [-0.2, -0.15) is 18.4 Å². The van der Waals surface area contributed by atoms with Crippen LogP contribution in [0.4, 0.5) is 13.2 Å². The first-order valence-corrected chi connectivity index (χ1v) is 11.6. The van der Waals surface area contributed by atoms with Crippen LogP contribution in [0.3, 0.4) is 0 Å². The molecule has 8 heteroatoms. The maximum absolute atomic E-state index is 13.3. The van der Waals surface area contributed by atoms with Crippen molar-refractivity contribution in [3.05, 3.63) is 57.8 Å². The van der Waals surface area contributed by atoms with Gasteiger partial charge in [-0.05, 0) is 74.6 Å². The van der Waals surface area contributed by atoms with Gasteiger partial charge in [0.1, 0.15) is 0 Å². The molecular weight excluding hydrogens is 437 g/mol. The number of benzene rings is 1. The molecule has 1 aromatic carbocycles. The second-order valence-corrected chi connectivity index (χ2v) is 9.94. The van der Waals surface area contributed by atoms with Crippen molar-refractivity contribution < 1.29 is 23.1 Å². The number of thiophene rings is 1. The number of alkyl halides is 3. The smallest absolute Gasteiger partial charge is 0.376 e. The van der Waals surface area contributed by atoms with E-state index in [1.807, 2.05) is 22.4 Å². The quantitative estimate of drug-likeness (QED) is 0.636. The predicted octanol–water partition coefficient (Wildman–Crippen LogP) is 5.53. The Hall–Kier alpha value is -2.37. The van der Waals surface area contributed by atoms with E-state index in [0.717, 1.165) is 17.7 Å². The highest BCUT2D eigenvalue weighted by atomic mass is 32.1. The molecule has 32 heavy (non-hydrogen) atoms. The van der Waals surface area contributed by atoms with Crippen LogP contribution in [0.2, 0.25) is 0 Å². The van der Waals surface area contributed by atoms with Crippen LogP contribution in [0, 0.1) is 11.3 Å². The minimum atomic E-state index is -4.81. The van der Waals surface area contributed by atoms with Gasteiger partial charge in [0, 0.05) is 22.5 Å². The van der Waals surface area contributed by atoms with Crippen molar-refractivity contribution >= 4 is 17.2 Å². The molecule has 4 rings (SSSR count). The zero-order chi connectivity index (χ0) is 23.1. The lowest BCUT2D eigenvalue weighted by molar-refractivity contribution is -0.258. The van der Waals surface area contributed by atoms with Crippen molar-refractivity contribution in [1.82, 2.24) is 4.90 Å². The number of carbonyl (C=O) groups excluding carboxylic acids is 1. The molecule has 1 N–H and O–H groups in total. The van der Waals surface area contributed by atoms with Crippen LogP contribution >= 0.6 is 11.3 Å². The normalized spacial score (nSPS) is 25.6. The average Bonchev–Trinajstić information content (AvgIpc) is 3.44. The van der Waals surface area contributed by atoms with Crippen LogP contribution in [0.15, 0.2) is 41.8 Å². The fourth-order valence-corrected chi connectivity index (χ4v) is 5.51. The number of amides is 1. The van der Waals surface area contributed by atoms with Crippen molar-refractivity contribution in [1.29, 1.82) is 5.26 Å². The monoisotopic (exact) mass is 462 g/mol. The molecule has 1 aromatic heterocycles. The van der Waals surface area contributed by atoms with Crippen LogP contribution in [-0.2, 0) is 11.0 Å². The molecule has 0 spiro atoms. The highest BCUT2D eigenvalue weighted by Crippen LogP contribution is 2.44. The van der Waals surface area contributed by atoms with E-state index in [2.05, 4.69) is 6.07 Å². The summed E-state index contributed by atoms with van der Waals surface area (Å²) in [5.41, 5.74) is -3.47. The molecule has 0 bridgehead atoms. The highest BCUT2D eigenvalue weighted by molar-refractivity contribution is 7.10. The standard InChI is InChI=1S/C24H25F3N2O2S/c1-22(31,24(25,26)27)17-6-4-16(5-7-17)21(30)29(18-8-9-18)19-10-12-23(15-28,13-11-19)20-3-2-14-32-20/h2-7,14,18-19,31H,8-13H2,1H3/t19-,22-,23+/m0/s1. The maximum atomic E-state index is 13.3. The van der Waals surface area contributed by atoms with Crippen LogP contribution in [-0.4, -0.2) is 34.2 Å². The molecule has 2 saturated carbocycles. The van der Waals surface area contributed by atoms with Gasteiger partial charge < -0.3 is 10.0 Å². The number of halogens is 3. The first-order chi connectivity index (χ1) is 15.1. The predicted molar refractivity (Wildman–Crippen MR) is 115 cm³/mol. The van der Waals surface area contributed by atoms with Gasteiger partial charge in [0.25, 0.3) is 5.91 Å². The lowest BCUT2D eigenvalue weighted by Crippen LogP contribution is -2.46. The summed E-state index contributed by atoms with van der Waals surface area (Å²) in [5.74, 6) is -0.198. The first-order valence-electron chi connectivity index (χ1n) is 10.8. The first kappa shape index (κ1) is 22.8. The largest absolute Gasteiger partial charge is 0.421 e. The Kier molecular flexibility index (Phi) is 5.84. The molecule has 170 valence electrons. The summed E-state index contributed by atoms with van der Waals surface area (Å²) in [6.45, 7) is 0.706. The minimum Gasteiger partial charge on any atom is -0.376 e. The molecule has 2 fully saturated rings. The van der Waals surface area contributed by atoms with Crippen molar-refractivity contribution in [3.63, 3.8) is 0 Å². The fraction of sp³-hybridized carbons (Fsp3) is 0.500. The summed E-state index contributed by atoms with van der Waals surface area (Å²) < 4.78 is 39.3. The molecule has 0 saturated heterocycles. The summed E-state index contributed by atoms with van der Waals surface area (Å²) in [7, 11) is 0. The van der Waals surface area contributed by atoms with E-state index >= 15 is 0 Å². The molecule has 0 aliphatic heterocycles. The number of aliphatic hydroxyl groups is 1. The van der Waals surface area contributed by atoms with Crippen molar-refractivity contribution in [3.8, 4) is 6.07 Å². The van der Waals surface area contributed by atoms with E-state index in [1.165, 1.54) is 24.3 Å². The van der Waals surface area contributed by atoms with E-state index in [9.17, 15) is 28.3 Å². The van der Waals surface area contributed by atoms with E-state index in [4.69, 9.17) is 0 Å². The van der Waals surface area contributed by atoms with Crippen LogP contribution in [0.5, 0.6) is 0 Å². The lowest BCUT2D eigenvalue weighted by atomic mass is 9.72. The van der Waals surface area contributed by atoms with Gasteiger partial charge in [0.2, 0.25) is 0 Å². The number of carbonyl (C=O) groups is 1. The summed E-state index contributed by atoms with van der Waals surface area (Å²) in [6.07, 6.45) is -0.189. The Morgan fingerprint density at radius 1 is 1.12 bits per heavy atom. The maximum Gasteiger partial charge on any atom is 0.421 e. The molecule has 1 amide bonds. The zero-order valence-corrected chi connectivity index (χ0v) is 18.5. The summed E-state index contributed by atoms with van der Waals surface area (Å²) in [6, 6.07) is 11.7. The van der Waals surface area contributed by atoms with E-state index < -0.39 is 17.2 Å². The van der Waals surface area contributed by atoms with Crippen LogP contribution < -0.4 is 0 Å². The third-order valence-electron chi connectivity index (χ3n) is 6.83. The van der Waals surface area contributed by atoms with Crippen molar-refractivity contribution in [2.75, 3.05) is 0 Å². The second kappa shape index (κ2) is 8.20.